The third-order valence-electron chi connectivity index (χ3n) is 1.83. The summed E-state index contributed by atoms with van der Waals surface area (Å²) < 4.78 is 27.7. The van der Waals surface area contributed by atoms with Gasteiger partial charge in [-0.1, -0.05) is 28.2 Å². The highest BCUT2D eigenvalue weighted by Gasteiger charge is 2.16. The van der Waals surface area contributed by atoms with Gasteiger partial charge in [-0.2, -0.15) is 0 Å². The van der Waals surface area contributed by atoms with Crippen LogP contribution in [0.1, 0.15) is 0 Å². The van der Waals surface area contributed by atoms with Crippen molar-refractivity contribution >= 4 is 33.0 Å². The predicted molar refractivity (Wildman–Crippen MR) is 62.3 cm³/mol. The van der Waals surface area contributed by atoms with Crippen LogP contribution in [0, 0.1) is 0 Å². The molecule has 2 aromatic rings. The summed E-state index contributed by atoms with van der Waals surface area (Å²) in [6.45, 7) is 0.632. The zero-order valence-corrected chi connectivity index (χ0v) is 10.8. The van der Waals surface area contributed by atoms with Crippen molar-refractivity contribution in [2.24, 2.45) is 0 Å². The minimum Gasteiger partial charge on any atom is -0.251 e. The first-order chi connectivity index (χ1) is 8.08. The van der Waals surface area contributed by atoms with Gasteiger partial charge in [0.25, 0.3) is 10.0 Å². The van der Waals surface area contributed by atoms with Crippen LogP contribution in [0.15, 0.2) is 22.8 Å². The Kier molecular flexibility index (Phi) is 3.72. The summed E-state index contributed by atoms with van der Waals surface area (Å²) in [5.41, 5.74) is 0. The Morgan fingerprint density at radius 3 is 2.94 bits per heavy atom. The first-order valence-corrected chi connectivity index (χ1v) is 7.21. The molecule has 0 aliphatic carbocycles. The molecule has 0 unspecified atom stereocenters. The van der Waals surface area contributed by atoms with Gasteiger partial charge in [-0.05, 0) is 0 Å². The molecular weight excluding hydrogens is 286 g/mol. The molecule has 0 aromatic carbocycles. The van der Waals surface area contributed by atoms with Gasteiger partial charge >= 0.3 is 0 Å². The first kappa shape index (κ1) is 12.4. The van der Waals surface area contributed by atoms with Crippen molar-refractivity contribution in [3.63, 3.8) is 0 Å². The highest BCUT2D eigenvalue weighted by molar-refractivity contribution is 7.91. The maximum absolute atomic E-state index is 11.7. The normalized spacial score (nSPS) is 11.8. The standard InChI is InChI=1S/C7H8ClN5O2S2/c8-7-9-5-6(16-7)17(14,15)11-2-4-13-3-1-10-12-13/h1,3,5,11H,2,4H2. The van der Waals surface area contributed by atoms with Gasteiger partial charge in [0, 0.05) is 12.7 Å². The quantitative estimate of drug-likeness (QED) is 0.860. The Hall–Kier alpha value is -1.03. The van der Waals surface area contributed by atoms with E-state index in [2.05, 4.69) is 20.0 Å². The summed E-state index contributed by atoms with van der Waals surface area (Å²) in [7, 11) is -3.53. The smallest absolute Gasteiger partial charge is 0.251 e. The Morgan fingerprint density at radius 1 is 1.53 bits per heavy atom. The average Bonchev–Trinajstić information content (AvgIpc) is 2.89. The van der Waals surface area contributed by atoms with Gasteiger partial charge in [0.2, 0.25) is 0 Å². The minimum atomic E-state index is -3.53. The maximum Gasteiger partial charge on any atom is 0.251 e. The van der Waals surface area contributed by atoms with Gasteiger partial charge in [0.05, 0.1) is 18.9 Å². The number of halogens is 1. The molecule has 0 radical (unpaired) electrons. The van der Waals surface area contributed by atoms with E-state index in [-0.39, 0.29) is 15.2 Å². The molecule has 0 fully saturated rings. The second-order valence-electron chi connectivity index (χ2n) is 3.00. The van der Waals surface area contributed by atoms with Gasteiger partial charge in [-0.3, -0.25) is 4.68 Å². The van der Waals surface area contributed by atoms with Crippen molar-refractivity contribution in [3.8, 4) is 0 Å². The molecule has 0 bridgehead atoms. The number of hydrogen-bond acceptors (Lipinski definition) is 6. The molecule has 92 valence electrons. The van der Waals surface area contributed by atoms with Gasteiger partial charge in [0.1, 0.15) is 0 Å². The molecule has 10 heteroatoms. The molecule has 1 N–H and O–H groups in total. The summed E-state index contributed by atoms with van der Waals surface area (Å²) in [6, 6.07) is 0. The molecular formula is C7H8ClN5O2S2. The predicted octanol–water partition coefficient (Wildman–Crippen LogP) is 0.366. The summed E-state index contributed by atoms with van der Waals surface area (Å²) in [4.78, 5) is 3.68. The van der Waals surface area contributed by atoms with Crippen LogP contribution in [-0.4, -0.2) is 34.9 Å². The van der Waals surface area contributed by atoms with E-state index in [9.17, 15) is 8.42 Å². The van der Waals surface area contributed by atoms with Crippen molar-refractivity contribution in [1.29, 1.82) is 0 Å². The molecule has 2 aromatic heterocycles. The summed E-state index contributed by atoms with van der Waals surface area (Å²) in [5, 5.41) is 7.32. The zero-order chi connectivity index (χ0) is 12.3. The van der Waals surface area contributed by atoms with E-state index in [1.54, 1.807) is 6.20 Å². The van der Waals surface area contributed by atoms with E-state index in [0.717, 1.165) is 11.3 Å². The molecule has 2 rings (SSSR count). The zero-order valence-electron chi connectivity index (χ0n) is 8.45. The second-order valence-corrected chi connectivity index (χ2v) is 6.60. The lowest BCUT2D eigenvalue weighted by Gasteiger charge is -2.03. The van der Waals surface area contributed by atoms with Crippen LogP contribution in [0.25, 0.3) is 0 Å². The highest BCUT2D eigenvalue weighted by Crippen LogP contribution is 2.21. The number of rotatable bonds is 5. The molecule has 0 spiro atoms. The van der Waals surface area contributed by atoms with Gasteiger partial charge in [-0.25, -0.2) is 18.1 Å². The highest BCUT2D eigenvalue weighted by atomic mass is 35.5. The number of hydrogen-bond donors (Lipinski definition) is 1. The first-order valence-electron chi connectivity index (χ1n) is 4.53. The van der Waals surface area contributed by atoms with Crippen LogP contribution < -0.4 is 4.72 Å². The fourth-order valence-electron chi connectivity index (χ4n) is 1.08. The average molecular weight is 294 g/mol. The van der Waals surface area contributed by atoms with Crippen LogP contribution in [0.4, 0.5) is 0 Å². The molecule has 17 heavy (non-hydrogen) atoms. The molecule has 0 atom stereocenters. The van der Waals surface area contributed by atoms with Crippen molar-refractivity contribution in [2.75, 3.05) is 6.54 Å². The molecule has 0 aliphatic heterocycles. The van der Waals surface area contributed by atoms with Crippen LogP contribution >= 0.6 is 22.9 Å². The Bertz CT molecular complexity index is 579. The molecule has 2 heterocycles. The van der Waals surface area contributed by atoms with Crippen LogP contribution in [0.3, 0.4) is 0 Å². The number of aromatic nitrogens is 4. The molecule has 0 saturated carbocycles. The SMILES string of the molecule is O=S(=O)(NCCn1ccnn1)c1cnc(Cl)s1. The number of nitrogens with zero attached hydrogens (tertiary/aromatic N) is 4. The van der Waals surface area contributed by atoms with E-state index in [0.29, 0.717) is 6.54 Å². The fraction of sp³-hybridized carbons (Fsp3) is 0.286. The lowest BCUT2D eigenvalue weighted by atomic mass is 10.6. The van der Waals surface area contributed by atoms with E-state index in [1.807, 2.05) is 0 Å². The third kappa shape index (κ3) is 3.22. The van der Waals surface area contributed by atoms with E-state index in [4.69, 9.17) is 11.6 Å². The molecule has 0 amide bonds. The van der Waals surface area contributed by atoms with Crippen molar-refractivity contribution < 1.29 is 8.42 Å². The summed E-state index contributed by atoms with van der Waals surface area (Å²) in [5.74, 6) is 0. The molecule has 7 nitrogen and oxygen atoms in total. The van der Waals surface area contributed by atoms with E-state index < -0.39 is 10.0 Å². The molecule has 0 saturated heterocycles. The van der Waals surface area contributed by atoms with Crippen molar-refractivity contribution in [2.45, 2.75) is 10.8 Å². The minimum absolute atomic E-state index is 0.0982. The Labute approximate surface area is 106 Å². The van der Waals surface area contributed by atoms with Crippen LogP contribution in [-0.2, 0) is 16.6 Å². The van der Waals surface area contributed by atoms with Gasteiger partial charge in [-0.15, -0.1) is 5.10 Å². The van der Waals surface area contributed by atoms with Gasteiger partial charge < -0.3 is 0 Å². The van der Waals surface area contributed by atoms with Gasteiger partial charge in [0.15, 0.2) is 8.68 Å². The fourth-order valence-corrected chi connectivity index (χ4v) is 3.44. The number of sulfonamides is 1. The lowest BCUT2D eigenvalue weighted by molar-refractivity contribution is 0.554. The Morgan fingerprint density at radius 2 is 2.35 bits per heavy atom. The summed E-state index contributed by atoms with van der Waals surface area (Å²) in [6.07, 6.45) is 4.40. The molecule has 0 aliphatic rings. The summed E-state index contributed by atoms with van der Waals surface area (Å²) >= 11 is 6.49. The lowest BCUT2D eigenvalue weighted by Crippen LogP contribution is -2.27. The van der Waals surface area contributed by atoms with E-state index in [1.165, 1.54) is 17.1 Å². The maximum atomic E-state index is 11.7. The van der Waals surface area contributed by atoms with E-state index >= 15 is 0 Å². The van der Waals surface area contributed by atoms with Crippen molar-refractivity contribution in [1.82, 2.24) is 24.7 Å². The second kappa shape index (κ2) is 5.08. The number of nitrogens with one attached hydrogen (secondary N) is 1. The third-order valence-corrected chi connectivity index (χ3v) is 4.86. The van der Waals surface area contributed by atoms with Crippen LogP contribution in [0.5, 0.6) is 0 Å². The van der Waals surface area contributed by atoms with Crippen LogP contribution in [0.2, 0.25) is 4.47 Å². The topological polar surface area (TPSA) is 89.8 Å². The van der Waals surface area contributed by atoms with Crippen molar-refractivity contribution in [3.05, 3.63) is 23.1 Å². The largest absolute Gasteiger partial charge is 0.251 e. The number of thiazole rings is 1. The monoisotopic (exact) mass is 293 g/mol. The Balaban J connectivity index is 1.94.